The molecule has 0 aromatic heterocycles. The molecule has 30 heavy (non-hydrogen) atoms. The van der Waals surface area contributed by atoms with Gasteiger partial charge in [-0.25, -0.2) is 4.39 Å². The van der Waals surface area contributed by atoms with Crippen molar-refractivity contribution in [3.63, 3.8) is 0 Å². The fourth-order valence-corrected chi connectivity index (χ4v) is 3.23. The van der Waals surface area contributed by atoms with Crippen LogP contribution in [0.2, 0.25) is 0 Å². The van der Waals surface area contributed by atoms with E-state index >= 15 is 0 Å². The molecule has 6 nitrogen and oxygen atoms in total. The molecule has 1 aliphatic heterocycles. The minimum absolute atomic E-state index is 0.0929. The Labute approximate surface area is 178 Å². The third-order valence-corrected chi connectivity index (χ3v) is 5.43. The van der Waals surface area contributed by atoms with Crippen molar-refractivity contribution in [3.8, 4) is 5.75 Å². The van der Waals surface area contributed by atoms with Crippen LogP contribution in [0.3, 0.4) is 0 Å². The zero-order chi connectivity index (χ0) is 22.9. The first-order valence-electron chi connectivity index (χ1n) is 10.5. The lowest BCUT2D eigenvalue weighted by Gasteiger charge is -2.40. The standard InChI is InChI=1S/C16H20FNO3.C5H8O2.C2H6/c1-10(19)13(9-16(2)6-3-7-16)18-15(21)11-4-5-14(20)12(17)8-11;1-4-2-7-3-5(4)6;1-2/h4-5,8,13,20H,3,6-7,9H2,1-2H3,(H,18,21);4H,2-3H2,1H3;1-2H3/t;4-;/m.0./s1. The molecule has 2 aliphatic rings. The first-order valence-corrected chi connectivity index (χ1v) is 10.5. The van der Waals surface area contributed by atoms with E-state index in [1.54, 1.807) is 0 Å². The molecule has 2 N–H and O–H groups in total. The number of Topliss-reactive ketones (excluding diaryl/α,β-unsaturated/α-hetero) is 2. The maximum atomic E-state index is 13.3. The number of hydrogen-bond donors (Lipinski definition) is 2. The van der Waals surface area contributed by atoms with Crippen molar-refractivity contribution in [2.24, 2.45) is 11.3 Å². The summed E-state index contributed by atoms with van der Waals surface area (Å²) in [5.41, 5.74) is 0.194. The Morgan fingerprint density at radius 1 is 1.33 bits per heavy atom. The van der Waals surface area contributed by atoms with Gasteiger partial charge in [0.2, 0.25) is 0 Å². The van der Waals surface area contributed by atoms with Crippen molar-refractivity contribution in [2.45, 2.75) is 66.3 Å². The van der Waals surface area contributed by atoms with Crippen molar-refractivity contribution >= 4 is 17.5 Å². The smallest absolute Gasteiger partial charge is 0.251 e. The van der Waals surface area contributed by atoms with Gasteiger partial charge in [-0.05, 0) is 49.8 Å². The number of aromatic hydroxyl groups is 1. The molecule has 1 saturated carbocycles. The van der Waals surface area contributed by atoms with Crippen molar-refractivity contribution in [1.29, 1.82) is 0 Å². The van der Waals surface area contributed by atoms with Crippen LogP contribution in [-0.4, -0.2) is 41.8 Å². The summed E-state index contributed by atoms with van der Waals surface area (Å²) in [7, 11) is 0. The quantitative estimate of drug-likeness (QED) is 0.745. The predicted molar refractivity (Wildman–Crippen MR) is 113 cm³/mol. The van der Waals surface area contributed by atoms with Crippen molar-refractivity contribution in [1.82, 2.24) is 5.32 Å². The topological polar surface area (TPSA) is 92.7 Å². The first-order chi connectivity index (χ1) is 14.1. The van der Waals surface area contributed by atoms with Crippen LogP contribution in [0.15, 0.2) is 18.2 Å². The highest BCUT2D eigenvalue weighted by atomic mass is 19.1. The Morgan fingerprint density at radius 3 is 2.33 bits per heavy atom. The minimum atomic E-state index is -0.854. The second-order valence-electron chi connectivity index (χ2n) is 8.05. The molecule has 1 heterocycles. The van der Waals surface area contributed by atoms with E-state index in [1.165, 1.54) is 13.0 Å². The monoisotopic (exact) mass is 423 g/mol. The second kappa shape index (κ2) is 11.8. The van der Waals surface area contributed by atoms with Gasteiger partial charge in [0.15, 0.2) is 23.1 Å². The Morgan fingerprint density at radius 2 is 1.97 bits per heavy atom. The van der Waals surface area contributed by atoms with Crippen LogP contribution >= 0.6 is 0 Å². The van der Waals surface area contributed by atoms with Crippen molar-refractivity contribution in [3.05, 3.63) is 29.6 Å². The second-order valence-corrected chi connectivity index (χ2v) is 8.05. The number of ketones is 2. The van der Waals surface area contributed by atoms with Gasteiger partial charge in [0, 0.05) is 11.5 Å². The number of hydrogen-bond acceptors (Lipinski definition) is 5. The normalized spacial score (nSPS) is 19.9. The van der Waals surface area contributed by atoms with Gasteiger partial charge in [-0.15, -0.1) is 0 Å². The number of carbonyl (C=O) groups excluding carboxylic acids is 3. The summed E-state index contributed by atoms with van der Waals surface area (Å²) in [5.74, 6) is -1.57. The molecule has 1 aromatic rings. The largest absolute Gasteiger partial charge is 0.505 e. The van der Waals surface area contributed by atoms with Crippen LogP contribution in [0.4, 0.5) is 4.39 Å². The molecular formula is C23H34FNO5. The number of halogens is 1. The molecule has 3 rings (SSSR count). The number of ether oxygens (including phenoxy) is 1. The van der Waals surface area contributed by atoms with Crippen LogP contribution in [0.5, 0.6) is 5.75 Å². The van der Waals surface area contributed by atoms with Gasteiger partial charge in [0.25, 0.3) is 5.91 Å². The molecule has 1 aromatic carbocycles. The molecule has 0 spiro atoms. The van der Waals surface area contributed by atoms with Gasteiger partial charge < -0.3 is 15.2 Å². The van der Waals surface area contributed by atoms with Gasteiger partial charge in [-0.1, -0.05) is 34.1 Å². The summed E-state index contributed by atoms with van der Waals surface area (Å²) in [4.78, 5) is 34.3. The van der Waals surface area contributed by atoms with Gasteiger partial charge in [-0.2, -0.15) is 0 Å². The highest BCUT2D eigenvalue weighted by Gasteiger charge is 2.36. The zero-order valence-electron chi connectivity index (χ0n) is 18.6. The SMILES string of the molecule is CC.CC(=O)C(CC1(C)CCC1)NC(=O)c1ccc(O)c(F)c1.C[C@H]1COCC1=O. The van der Waals surface area contributed by atoms with Gasteiger partial charge in [0.05, 0.1) is 12.6 Å². The van der Waals surface area contributed by atoms with E-state index in [2.05, 4.69) is 12.2 Å². The molecule has 7 heteroatoms. The van der Waals surface area contributed by atoms with Crippen molar-refractivity contribution < 1.29 is 28.6 Å². The van der Waals surface area contributed by atoms with Gasteiger partial charge in [0.1, 0.15) is 6.61 Å². The first kappa shape index (κ1) is 25.8. The lowest BCUT2D eigenvalue weighted by atomic mass is 9.66. The fourth-order valence-electron chi connectivity index (χ4n) is 3.23. The van der Waals surface area contributed by atoms with Gasteiger partial charge in [-0.3, -0.25) is 14.4 Å². The van der Waals surface area contributed by atoms with Crippen LogP contribution < -0.4 is 5.32 Å². The van der Waals surface area contributed by atoms with Crippen molar-refractivity contribution in [2.75, 3.05) is 13.2 Å². The third kappa shape index (κ3) is 7.52. The fraction of sp³-hybridized carbons (Fsp3) is 0.609. The summed E-state index contributed by atoms with van der Waals surface area (Å²) < 4.78 is 18.1. The molecule has 1 saturated heterocycles. The molecule has 1 amide bonds. The lowest BCUT2D eigenvalue weighted by Crippen LogP contribution is -2.44. The number of nitrogens with one attached hydrogen (secondary N) is 1. The summed E-state index contributed by atoms with van der Waals surface area (Å²) in [6.45, 7) is 10.4. The number of phenols is 1. The molecule has 0 bridgehead atoms. The van der Waals surface area contributed by atoms with Crippen LogP contribution in [-0.2, 0) is 14.3 Å². The molecule has 1 unspecified atom stereocenters. The van der Waals surface area contributed by atoms with E-state index in [4.69, 9.17) is 9.84 Å². The number of carbonyl (C=O) groups is 3. The number of phenolic OH excluding ortho intramolecular Hbond substituents is 1. The molecule has 0 radical (unpaired) electrons. The summed E-state index contributed by atoms with van der Waals surface area (Å²) in [5, 5.41) is 11.8. The maximum absolute atomic E-state index is 13.3. The van der Waals surface area contributed by atoms with Crippen LogP contribution in [0.25, 0.3) is 0 Å². The predicted octanol–water partition coefficient (Wildman–Crippen LogP) is 4.05. The Bertz CT molecular complexity index is 745. The molecule has 168 valence electrons. The Balaban J connectivity index is 0.000000418. The summed E-state index contributed by atoms with van der Waals surface area (Å²) >= 11 is 0. The van der Waals surface area contributed by atoms with Crippen LogP contribution in [0, 0.1) is 17.2 Å². The van der Waals surface area contributed by atoms with E-state index in [1.807, 2.05) is 20.8 Å². The average molecular weight is 424 g/mol. The Hall–Kier alpha value is -2.28. The molecule has 2 fully saturated rings. The van der Waals surface area contributed by atoms with Crippen LogP contribution in [0.1, 0.15) is 70.7 Å². The Kier molecular flexibility index (Phi) is 10.1. The van der Waals surface area contributed by atoms with Gasteiger partial charge >= 0.3 is 0 Å². The maximum Gasteiger partial charge on any atom is 0.251 e. The third-order valence-electron chi connectivity index (χ3n) is 5.43. The highest BCUT2D eigenvalue weighted by Crippen LogP contribution is 2.44. The van der Waals surface area contributed by atoms with E-state index in [-0.39, 0.29) is 28.5 Å². The highest BCUT2D eigenvalue weighted by molar-refractivity contribution is 5.97. The van der Waals surface area contributed by atoms with E-state index in [9.17, 15) is 18.8 Å². The molecule has 1 aliphatic carbocycles. The molecule has 2 atom stereocenters. The van der Waals surface area contributed by atoms with E-state index in [0.29, 0.717) is 19.6 Å². The zero-order valence-corrected chi connectivity index (χ0v) is 18.6. The number of rotatable bonds is 5. The lowest BCUT2D eigenvalue weighted by molar-refractivity contribution is -0.120. The van der Waals surface area contributed by atoms with E-state index < -0.39 is 23.5 Å². The molecular weight excluding hydrogens is 389 g/mol. The number of benzene rings is 1. The number of amides is 1. The minimum Gasteiger partial charge on any atom is -0.505 e. The van der Waals surface area contributed by atoms with E-state index in [0.717, 1.165) is 31.4 Å². The average Bonchev–Trinajstić information content (AvgIpc) is 3.06. The summed E-state index contributed by atoms with van der Waals surface area (Å²) in [6, 6.07) is 2.86. The summed E-state index contributed by atoms with van der Waals surface area (Å²) in [6.07, 6.45) is 3.87.